The van der Waals surface area contributed by atoms with E-state index in [1.807, 2.05) is 43.4 Å². The van der Waals surface area contributed by atoms with Gasteiger partial charge in [0.2, 0.25) is 5.91 Å². The van der Waals surface area contributed by atoms with Crippen LogP contribution in [-0.4, -0.2) is 28.9 Å². The molecule has 0 fully saturated rings. The van der Waals surface area contributed by atoms with Crippen molar-refractivity contribution in [3.8, 4) is 11.1 Å². The number of anilines is 1. The molecule has 0 aliphatic heterocycles. The quantitative estimate of drug-likeness (QED) is 0.263. The summed E-state index contributed by atoms with van der Waals surface area (Å²) < 4.78 is 13.3. The lowest BCUT2D eigenvalue weighted by atomic mass is 9.98. The minimum atomic E-state index is -0.832. The van der Waals surface area contributed by atoms with E-state index >= 15 is 0 Å². The third-order valence-corrected chi connectivity index (χ3v) is 6.19. The van der Waals surface area contributed by atoms with Crippen LogP contribution < -0.4 is 5.32 Å². The largest absolute Gasteiger partial charge is 0.481 e. The molecule has 0 atom stereocenters. The van der Waals surface area contributed by atoms with Gasteiger partial charge in [0.1, 0.15) is 5.82 Å². The van der Waals surface area contributed by atoms with Gasteiger partial charge in [-0.25, -0.2) is 4.39 Å². The lowest BCUT2D eigenvalue weighted by molar-refractivity contribution is -0.137. The number of aryl methyl sites for hydroxylation is 1. The Kier molecular flexibility index (Phi) is 10.0. The van der Waals surface area contributed by atoms with Crippen molar-refractivity contribution in [1.29, 1.82) is 0 Å². The van der Waals surface area contributed by atoms with Gasteiger partial charge in [-0.2, -0.15) is 0 Å². The first-order chi connectivity index (χ1) is 17.4. The van der Waals surface area contributed by atoms with Gasteiger partial charge >= 0.3 is 5.97 Å². The molecule has 190 valence electrons. The molecule has 0 bridgehead atoms. The second-order valence-corrected chi connectivity index (χ2v) is 9.16. The van der Waals surface area contributed by atoms with E-state index in [4.69, 9.17) is 5.11 Å². The SMILES string of the molecule is CCCCCC(=O)N(C)Cc1cccc(-c2ccc(CCC(=O)O)cc2NCc2ccc(F)cc2)c1. The number of halogens is 1. The van der Waals surface area contributed by atoms with Crippen molar-refractivity contribution >= 4 is 17.6 Å². The van der Waals surface area contributed by atoms with Crippen LogP contribution in [0.2, 0.25) is 0 Å². The number of hydrogen-bond acceptors (Lipinski definition) is 3. The molecule has 0 radical (unpaired) electrons. The predicted molar refractivity (Wildman–Crippen MR) is 142 cm³/mol. The van der Waals surface area contributed by atoms with Crippen LogP contribution in [-0.2, 0) is 29.1 Å². The number of amides is 1. The maximum atomic E-state index is 13.3. The van der Waals surface area contributed by atoms with Crippen molar-refractivity contribution in [1.82, 2.24) is 4.90 Å². The zero-order chi connectivity index (χ0) is 25.9. The molecule has 3 aromatic rings. The van der Waals surface area contributed by atoms with Crippen LogP contribution in [0, 0.1) is 5.82 Å². The van der Waals surface area contributed by atoms with Crippen molar-refractivity contribution in [3.05, 3.63) is 89.2 Å². The number of carboxylic acids is 1. The summed E-state index contributed by atoms with van der Waals surface area (Å²) in [4.78, 5) is 25.3. The van der Waals surface area contributed by atoms with E-state index in [1.54, 1.807) is 17.0 Å². The highest BCUT2D eigenvalue weighted by Crippen LogP contribution is 2.31. The van der Waals surface area contributed by atoms with Gasteiger partial charge in [0.05, 0.1) is 0 Å². The minimum Gasteiger partial charge on any atom is -0.481 e. The summed E-state index contributed by atoms with van der Waals surface area (Å²) in [6.45, 7) is 3.17. The number of rotatable bonds is 13. The highest BCUT2D eigenvalue weighted by atomic mass is 19.1. The summed E-state index contributed by atoms with van der Waals surface area (Å²) >= 11 is 0. The third-order valence-electron chi connectivity index (χ3n) is 6.19. The summed E-state index contributed by atoms with van der Waals surface area (Å²) in [7, 11) is 1.84. The monoisotopic (exact) mass is 490 g/mol. The van der Waals surface area contributed by atoms with E-state index < -0.39 is 5.97 Å². The molecule has 0 aliphatic carbocycles. The molecular weight excluding hydrogens is 455 g/mol. The number of carboxylic acid groups (broad SMARTS) is 1. The molecule has 0 unspecified atom stereocenters. The maximum absolute atomic E-state index is 13.3. The Morgan fingerprint density at radius 3 is 2.39 bits per heavy atom. The normalized spacial score (nSPS) is 10.8. The molecular formula is C30H35FN2O3. The van der Waals surface area contributed by atoms with Crippen LogP contribution in [0.1, 0.15) is 55.7 Å². The fourth-order valence-corrected chi connectivity index (χ4v) is 4.11. The van der Waals surface area contributed by atoms with Gasteiger partial charge in [0.25, 0.3) is 0 Å². The molecule has 5 nitrogen and oxygen atoms in total. The smallest absolute Gasteiger partial charge is 0.303 e. The molecule has 3 rings (SSSR count). The van der Waals surface area contributed by atoms with Crippen molar-refractivity contribution in [3.63, 3.8) is 0 Å². The van der Waals surface area contributed by atoms with E-state index in [-0.39, 0.29) is 18.1 Å². The molecule has 1 amide bonds. The second-order valence-electron chi connectivity index (χ2n) is 9.16. The Morgan fingerprint density at radius 2 is 1.67 bits per heavy atom. The van der Waals surface area contributed by atoms with Crippen molar-refractivity contribution < 1.29 is 19.1 Å². The summed E-state index contributed by atoms with van der Waals surface area (Å²) in [6.07, 6.45) is 4.13. The van der Waals surface area contributed by atoms with E-state index in [9.17, 15) is 14.0 Å². The average Bonchev–Trinajstić information content (AvgIpc) is 2.87. The summed E-state index contributed by atoms with van der Waals surface area (Å²) in [6, 6.07) is 20.4. The highest BCUT2D eigenvalue weighted by Gasteiger charge is 2.12. The number of benzene rings is 3. The molecule has 0 aromatic heterocycles. The minimum absolute atomic E-state index is 0.0604. The summed E-state index contributed by atoms with van der Waals surface area (Å²) in [5.41, 5.74) is 5.77. The first-order valence-corrected chi connectivity index (χ1v) is 12.5. The molecule has 0 saturated heterocycles. The number of aliphatic carboxylic acids is 1. The lowest BCUT2D eigenvalue weighted by Gasteiger charge is -2.19. The Bertz CT molecular complexity index is 1160. The van der Waals surface area contributed by atoms with Gasteiger partial charge in [-0.15, -0.1) is 0 Å². The number of nitrogens with zero attached hydrogens (tertiary/aromatic N) is 1. The number of carbonyl (C=O) groups is 2. The van der Waals surface area contributed by atoms with Crippen LogP contribution in [0.5, 0.6) is 0 Å². The van der Waals surface area contributed by atoms with Gasteiger partial charge in [-0.3, -0.25) is 9.59 Å². The molecule has 3 aromatic carbocycles. The zero-order valence-electron chi connectivity index (χ0n) is 21.1. The van der Waals surface area contributed by atoms with Gasteiger partial charge in [-0.05, 0) is 59.4 Å². The molecule has 0 aliphatic rings. The molecule has 2 N–H and O–H groups in total. The average molecular weight is 491 g/mol. The first kappa shape index (κ1) is 26.9. The zero-order valence-corrected chi connectivity index (χ0v) is 21.1. The first-order valence-electron chi connectivity index (χ1n) is 12.5. The molecule has 0 saturated carbocycles. The van der Waals surface area contributed by atoms with Crippen LogP contribution in [0.3, 0.4) is 0 Å². The number of unbranched alkanes of at least 4 members (excludes halogenated alkanes) is 2. The van der Waals surface area contributed by atoms with Crippen molar-refractivity contribution in [2.45, 2.75) is 58.5 Å². The summed E-state index contributed by atoms with van der Waals surface area (Å²) in [5, 5.41) is 12.5. The number of hydrogen-bond donors (Lipinski definition) is 2. The Labute approximate surface area is 213 Å². The summed E-state index contributed by atoms with van der Waals surface area (Å²) in [5.74, 6) is -0.958. The molecule has 36 heavy (non-hydrogen) atoms. The fourth-order valence-electron chi connectivity index (χ4n) is 4.11. The van der Waals surface area contributed by atoms with E-state index in [0.717, 1.165) is 52.8 Å². The number of nitrogens with one attached hydrogen (secondary N) is 1. The van der Waals surface area contributed by atoms with Gasteiger partial charge < -0.3 is 15.3 Å². The Hall–Kier alpha value is -3.67. The third kappa shape index (κ3) is 8.22. The topological polar surface area (TPSA) is 69.6 Å². The Balaban J connectivity index is 1.81. The van der Waals surface area contributed by atoms with Crippen molar-refractivity contribution in [2.75, 3.05) is 12.4 Å². The Morgan fingerprint density at radius 1 is 0.917 bits per heavy atom. The second kappa shape index (κ2) is 13.4. The van der Waals surface area contributed by atoms with Crippen LogP contribution >= 0.6 is 0 Å². The van der Waals surface area contributed by atoms with Crippen molar-refractivity contribution in [2.24, 2.45) is 0 Å². The standard InChI is InChI=1S/C30H35FN2O3/c1-3-4-5-9-29(34)33(2)21-24-7-6-8-25(18-24)27-16-12-22(13-17-30(35)36)19-28(27)32-20-23-10-14-26(31)15-11-23/h6-8,10-12,14-16,18-19,32H,3-5,9,13,17,20-21H2,1-2H3,(H,35,36). The fraction of sp³-hybridized carbons (Fsp3) is 0.333. The van der Waals surface area contributed by atoms with Crippen LogP contribution in [0.4, 0.5) is 10.1 Å². The molecule has 0 heterocycles. The lowest BCUT2D eigenvalue weighted by Crippen LogP contribution is -2.25. The van der Waals surface area contributed by atoms with Crippen LogP contribution in [0.25, 0.3) is 11.1 Å². The maximum Gasteiger partial charge on any atom is 0.303 e. The van der Waals surface area contributed by atoms with Gasteiger partial charge in [-0.1, -0.05) is 62.2 Å². The van der Waals surface area contributed by atoms with Gasteiger partial charge in [0.15, 0.2) is 0 Å². The number of carbonyl (C=O) groups excluding carboxylic acids is 1. The van der Waals surface area contributed by atoms with Gasteiger partial charge in [0, 0.05) is 44.2 Å². The van der Waals surface area contributed by atoms with E-state index in [1.165, 1.54) is 12.1 Å². The van der Waals surface area contributed by atoms with E-state index in [0.29, 0.717) is 25.9 Å². The van der Waals surface area contributed by atoms with Crippen LogP contribution in [0.15, 0.2) is 66.7 Å². The molecule has 6 heteroatoms. The highest BCUT2D eigenvalue weighted by molar-refractivity contribution is 5.79. The predicted octanol–water partition coefficient (Wildman–Crippen LogP) is 6.66. The van der Waals surface area contributed by atoms with E-state index in [2.05, 4.69) is 18.3 Å². The molecule has 0 spiro atoms.